The maximum atomic E-state index is 12.4. The van der Waals surface area contributed by atoms with Crippen LogP contribution in [-0.4, -0.2) is 21.7 Å². The molecule has 1 aromatic rings. The first kappa shape index (κ1) is 15.1. The van der Waals surface area contributed by atoms with Crippen LogP contribution >= 0.6 is 0 Å². The summed E-state index contributed by atoms with van der Waals surface area (Å²) in [6, 6.07) is 2.25. The van der Waals surface area contributed by atoms with Crippen molar-refractivity contribution in [3.05, 3.63) is 18.0 Å². The Kier molecular flexibility index (Phi) is 5.21. The van der Waals surface area contributed by atoms with Gasteiger partial charge in [-0.3, -0.25) is 9.48 Å². The minimum atomic E-state index is 0.00736. The largest absolute Gasteiger partial charge is 0.348 e. The molecule has 1 unspecified atom stereocenters. The molecule has 4 heteroatoms. The van der Waals surface area contributed by atoms with Gasteiger partial charge in [-0.05, 0) is 45.6 Å². The fourth-order valence-electron chi connectivity index (χ4n) is 3.12. The van der Waals surface area contributed by atoms with E-state index in [9.17, 15) is 4.79 Å². The number of aromatic nitrogens is 2. The molecule has 1 aromatic heterocycles. The number of amides is 1. The van der Waals surface area contributed by atoms with E-state index < -0.39 is 0 Å². The van der Waals surface area contributed by atoms with Crippen molar-refractivity contribution in [2.45, 2.75) is 71.4 Å². The zero-order valence-corrected chi connectivity index (χ0v) is 12.9. The van der Waals surface area contributed by atoms with Gasteiger partial charge >= 0.3 is 0 Å². The number of hydrogen-bond acceptors (Lipinski definition) is 2. The summed E-state index contributed by atoms with van der Waals surface area (Å²) in [5, 5.41) is 7.40. The van der Waals surface area contributed by atoms with Crippen LogP contribution in [0.4, 0.5) is 0 Å². The smallest absolute Gasteiger partial charge is 0.269 e. The summed E-state index contributed by atoms with van der Waals surface area (Å²) in [4.78, 5) is 12.4. The average Bonchev–Trinajstić information content (AvgIpc) is 2.74. The van der Waals surface area contributed by atoms with E-state index >= 15 is 0 Å². The predicted octanol–water partition coefficient (Wildman–Crippen LogP) is 3.55. The topological polar surface area (TPSA) is 46.9 Å². The van der Waals surface area contributed by atoms with E-state index in [1.54, 1.807) is 16.9 Å². The Hall–Kier alpha value is -1.32. The average molecular weight is 277 g/mol. The van der Waals surface area contributed by atoms with Crippen LogP contribution < -0.4 is 5.32 Å². The van der Waals surface area contributed by atoms with Crippen LogP contribution in [0.15, 0.2) is 12.3 Å². The summed E-state index contributed by atoms with van der Waals surface area (Å²) in [5.41, 5.74) is 0.667. The molecule has 1 atom stereocenters. The van der Waals surface area contributed by atoms with Gasteiger partial charge in [0.15, 0.2) is 0 Å². The highest BCUT2D eigenvalue weighted by Gasteiger charge is 2.22. The van der Waals surface area contributed by atoms with Crippen LogP contribution in [-0.2, 0) is 0 Å². The van der Waals surface area contributed by atoms with Crippen LogP contribution in [0.2, 0.25) is 0 Å². The van der Waals surface area contributed by atoms with Crippen molar-refractivity contribution in [2.75, 3.05) is 0 Å². The molecule has 112 valence electrons. The summed E-state index contributed by atoms with van der Waals surface area (Å²) < 4.78 is 1.79. The molecular formula is C16H27N3O. The minimum absolute atomic E-state index is 0.00736. The summed E-state index contributed by atoms with van der Waals surface area (Å²) in [7, 11) is 0. The summed E-state index contributed by atoms with van der Waals surface area (Å²) >= 11 is 0. The van der Waals surface area contributed by atoms with E-state index in [2.05, 4.69) is 17.3 Å². The lowest BCUT2D eigenvalue weighted by molar-refractivity contribution is 0.0911. The van der Waals surface area contributed by atoms with Crippen molar-refractivity contribution in [1.29, 1.82) is 0 Å². The van der Waals surface area contributed by atoms with Crippen LogP contribution in [0.25, 0.3) is 0 Å². The number of carbonyl (C=O) groups is 1. The molecule has 1 N–H and O–H groups in total. The molecule has 0 aliphatic heterocycles. The second-order valence-corrected chi connectivity index (χ2v) is 6.27. The molecule has 20 heavy (non-hydrogen) atoms. The van der Waals surface area contributed by atoms with Gasteiger partial charge in [-0.25, -0.2) is 0 Å². The molecule has 4 nitrogen and oxygen atoms in total. The highest BCUT2D eigenvalue weighted by Crippen LogP contribution is 2.25. The Balaban J connectivity index is 1.97. The van der Waals surface area contributed by atoms with E-state index in [4.69, 9.17) is 0 Å². The Morgan fingerprint density at radius 3 is 2.50 bits per heavy atom. The fourth-order valence-corrected chi connectivity index (χ4v) is 3.12. The van der Waals surface area contributed by atoms with Crippen LogP contribution in [0.3, 0.4) is 0 Å². The summed E-state index contributed by atoms with van der Waals surface area (Å²) in [6.07, 6.45) is 9.47. The minimum Gasteiger partial charge on any atom is -0.348 e. The van der Waals surface area contributed by atoms with Gasteiger partial charge in [-0.2, -0.15) is 5.10 Å². The van der Waals surface area contributed by atoms with Crippen molar-refractivity contribution in [2.24, 2.45) is 5.92 Å². The van der Waals surface area contributed by atoms with Crippen LogP contribution in [0.1, 0.15) is 75.8 Å². The predicted molar refractivity (Wildman–Crippen MR) is 80.7 cm³/mol. The molecule has 1 amide bonds. The van der Waals surface area contributed by atoms with E-state index in [-0.39, 0.29) is 18.0 Å². The first-order valence-electron chi connectivity index (χ1n) is 7.94. The summed E-state index contributed by atoms with van der Waals surface area (Å²) in [5.74, 6) is 0.629. The lowest BCUT2D eigenvalue weighted by Gasteiger charge is -2.24. The monoisotopic (exact) mass is 277 g/mol. The van der Waals surface area contributed by atoms with Gasteiger partial charge in [-0.15, -0.1) is 0 Å². The molecule has 0 spiro atoms. The first-order chi connectivity index (χ1) is 9.59. The number of rotatable bonds is 4. The maximum Gasteiger partial charge on any atom is 0.269 e. The summed E-state index contributed by atoms with van der Waals surface area (Å²) in [6.45, 7) is 6.22. The molecule has 0 aromatic carbocycles. The Morgan fingerprint density at radius 2 is 1.90 bits per heavy atom. The second-order valence-electron chi connectivity index (χ2n) is 6.27. The lowest BCUT2D eigenvalue weighted by Crippen LogP contribution is -2.39. The molecule has 2 rings (SSSR count). The Morgan fingerprint density at radius 1 is 1.25 bits per heavy atom. The Labute approximate surface area is 121 Å². The molecule has 1 fully saturated rings. The molecular weight excluding hydrogens is 250 g/mol. The number of nitrogens with one attached hydrogen (secondary N) is 1. The highest BCUT2D eigenvalue weighted by atomic mass is 16.2. The third kappa shape index (κ3) is 3.62. The molecule has 1 aliphatic rings. The number of hydrogen-bond donors (Lipinski definition) is 1. The van der Waals surface area contributed by atoms with Gasteiger partial charge < -0.3 is 5.32 Å². The van der Waals surface area contributed by atoms with Gasteiger partial charge in [-0.1, -0.05) is 25.7 Å². The van der Waals surface area contributed by atoms with Gasteiger partial charge in [0.05, 0.1) is 0 Å². The van der Waals surface area contributed by atoms with E-state index in [0.717, 1.165) is 0 Å². The van der Waals surface area contributed by atoms with Crippen molar-refractivity contribution >= 4 is 5.91 Å². The SMILES string of the molecule is CC(NC(=O)c1ccnn1C(C)C)C1CCCCCC1. The standard InChI is InChI=1S/C16H27N3O/c1-12(2)19-15(10-11-17-19)16(20)18-13(3)14-8-6-4-5-7-9-14/h10-14H,4-9H2,1-3H3,(H,18,20). The fraction of sp³-hybridized carbons (Fsp3) is 0.750. The Bertz CT molecular complexity index is 431. The van der Waals surface area contributed by atoms with E-state index in [1.807, 2.05) is 13.8 Å². The molecule has 1 saturated carbocycles. The van der Waals surface area contributed by atoms with Gasteiger partial charge in [0.25, 0.3) is 5.91 Å². The molecule has 0 radical (unpaired) electrons. The number of nitrogens with zero attached hydrogens (tertiary/aromatic N) is 2. The second kappa shape index (κ2) is 6.91. The first-order valence-corrected chi connectivity index (χ1v) is 7.94. The zero-order valence-electron chi connectivity index (χ0n) is 12.9. The third-order valence-electron chi connectivity index (χ3n) is 4.36. The van der Waals surface area contributed by atoms with Crippen LogP contribution in [0.5, 0.6) is 0 Å². The number of carbonyl (C=O) groups excluding carboxylic acids is 1. The van der Waals surface area contributed by atoms with E-state index in [1.165, 1.54) is 38.5 Å². The lowest BCUT2D eigenvalue weighted by atomic mass is 9.93. The molecule has 1 heterocycles. The van der Waals surface area contributed by atoms with Gasteiger partial charge in [0.2, 0.25) is 0 Å². The van der Waals surface area contributed by atoms with Gasteiger partial charge in [0, 0.05) is 18.3 Å². The quantitative estimate of drug-likeness (QED) is 0.855. The van der Waals surface area contributed by atoms with Crippen molar-refractivity contribution in [1.82, 2.24) is 15.1 Å². The maximum absolute atomic E-state index is 12.4. The molecule has 0 bridgehead atoms. The van der Waals surface area contributed by atoms with Gasteiger partial charge in [0.1, 0.15) is 5.69 Å². The van der Waals surface area contributed by atoms with Crippen molar-refractivity contribution in [3.8, 4) is 0 Å². The van der Waals surface area contributed by atoms with E-state index in [0.29, 0.717) is 11.6 Å². The third-order valence-corrected chi connectivity index (χ3v) is 4.36. The zero-order chi connectivity index (χ0) is 14.5. The highest BCUT2D eigenvalue weighted by molar-refractivity contribution is 5.92. The normalized spacial score (nSPS) is 18.8. The van der Waals surface area contributed by atoms with Crippen molar-refractivity contribution < 1.29 is 4.79 Å². The molecule has 1 aliphatic carbocycles. The van der Waals surface area contributed by atoms with Crippen LogP contribution in [0, 0.1) is 5.92 Å². The molecule has 0 saturated heterocycles. The van der Waals surface area contributed by atoms with Crippen molar-refractivity contribution in [3.63, 3.8) is 0 Å².